The van der Waals surface area contributed by atoms with Gasteiger partial charge < -0.3 is 14.9 Å². The standard InChI is InChI=1S/C13H22N2O3/c1-14(8-10-4-5-10)13(18)15-6-2-3-11(9-15)7-12(16)17/h10-11H,2-9H2,1H3,(H,16,17). The van der Waals surface area contributed by atoms with Crippen LogP contribution >= 0.6 is 0 Å². The number of piperidine rings is 1. The van der Waals surface area contributed by atoms with Crippen molar-refractivity contribution < 1.29 is 14.7 Å². The Labute approximate surface area is 108 Å². The van der Waals surface area contributed by atoms with Gasteiger partial charge in [-0.05, 0) is 37.5 Å². The summed E-state index contributed by atoms with van der Waals surface area (Å²) in [6, 6.07) is 0.0667. The lowest BCUT2D eigenvalue weighted by molar-refractivity contribution is -0.138. The van der Waals surface area contributed by atoms with E-state index in [1.165, 1.54) is 12.8 Å². The third-order valence-corrected chi connectivity index (χ3v) is 3.81. The van der Waals surface area contributed by atoms with Crippen molar-refractivity contribution in [1.82, 2.24) is 9.80 Å². The summed E-state index contributed by atoms with van der Waals surface area (Å²) in [5.74, 6) is 0.0497. The first-order valence-corrected chi connectivity index (χ1v) is 6.78. The fourth-order valence-electron chi connectivity index (χ4n) is 2.66. The van der Waals surface area contributed by atoms with Crippen LogP contribution < -0.4 is 0 Å². The van der Waals surface area contributed by atoms with Gasteiger partial charge in [0.05, 0.1) is 0 Å². The second-order valence-corrected chi connectivity index (χ2v) is 5.66. The average Bonchev–Trinajstić information content (AvgIpc) is 3.11. The van der Waals surface area contributed by atoms with Crippen LogP contribution in [0, 0.1) is 11.8 Å². The van der Waals surface area contributed by atoms with Gasteiger partial charge in [0.15, 0.2) is 0 Å². The van der Waals surface area contributed by atoms with Crippen LogP contribution in [-0.4, -0.2) is 53.6 Å². The number of carbonyl (C=O) groups is 2. The molecule has 1 saturated carbocycles. The predicted molar refractivity (Wildman–Crippen MR) is 67.3 cm³/mol. The van der Waals surface area contributed by atoms with Crippen molar-refractivity contribution >= 4 is 12.0 Å². The van der Waals surface area contributed by atoms with Gasteiger partial charge in [0.25, 0.3) is 0 Å². The summed E-state index contributed by atoms with van der Waals surface area (Å²) in [6.07, 6.45) is 4.48. The Morgan fingerprint density at radius 1 is 1.28 bits per heavy atom. The molecule has 0 aromatic heterocycles. The van der Waals surface area contributed by atoms with Crippen molar-refractivity contribution in [3.63, 3.8) is 0 Å². The second kappa shape index (κ2) is 5.59. The Kier molecular flexibility index (Phi) is 4.09. The van der Waals surface area contributed by atoms with E-state index in [4.69, 9.17) is 5.11 Å². The fraction of sp³-hybridized carbons (Fsp3) is 0.846. The van der Waals surface area contributed by atoms with E-state index < -0.39 is 5.97 Å². The first-order valence-electron chi connectivity index (χ1n) is 6.78. The number of nitrogens with zero attached hydrogens (tertiary/aromatic N) is 2. The molecule has 0 bridgehead atoms. The molecule has 5 heteroatoms. The first-order chi connectivity index (χ1) is 8.56. The lowest BCUT2D eigenvalue weighted by Gasteiger charge is -2.34. The number of urea groups is 1. The summed E-state index contributed by atoms with van der Waals surface area (Å²) in [7, 11) is 1.85. The number of carbonyl (C=O) groups excluding carboxylic acids is 1. The Bertz CT molecular complexity index is 328. The second-order valence-electron chi connectivity index (χ2n) is 5.66. The summed E-state index contributed by atoms with van der Waals surface area (Å²) in [5, 5.41) is 8.81. The highest BCUT2D eigenvalue weighted by Crippen LogP contribution is 2.30. The molecular weight excluding hydrogens is 232 g/mol. The molecular formula is C13H22N2O3. The third-order valence-electron chi connectivity index (χ3n) is 3.81. The normalized spacial score (nSPS) is 23.8. The summed E-state index contributed by atoms with van der Waals surface area (Å²) < 4.78 is 0. The molecule has 1 saturated heterocycles. The monoisotopic (exact) mass is 254 g/mol. The summed E-state index contributed by atoms with van der Waals surface area (Å²) in [4.78, 5) is 26.5. The Morgan fingerprint density at radius 2 is 2.00 bits per heavy atom. The molecule has 2 fully saturated rings. The molecule has 18 heavy (non-hydrogen) atoms. The molecule has 1 heterocycles. The fourth-order valence-corrected chi connectivity index (χ4v) is 2.66. The van der Waals surface area contributed by atoms with Gasteiger partial charge in [0.1, 0.15) is 0 Å². The topological polar surface area (TPSA) is 60.9 Å². The van der Waals surface area contributed by atoms with Crippen molar-refractivity contribution in [3.8, 4) is 0 Å². The van der Waals surface area contributed by atoms with E-state index in [1.54, 1.807) is 4.90 Å². The highest BCUT2D eigenvalue weighted by Gasteiger charge is 2.30. The predicted octanol–water partition coefficient (Wildman–Crippen LogP) is 1.63. The van der Waals surface area contributed by atoms with Gasteiger partial charge in [0.2, 0.25) is 0 Å². The van der Waals surface area contributed by atoms with Crippen molar-refractivity contribution in [2.24, 2.45) is 11.8 Å². The highest BCUT2D eigenvalue weighted by atomic mass is 16.4. The number of hydrogen-bond acceptors (Lipinski definition) is 2. The molecule has 1 aliphatic heterocycles. The van der Waals surface area contributed by atoms with E-state index in [0.29, 0.717) is 12.5 Å². The maximum absolute atomic E-state index is 12.2. The maximum atomic E-state index is 12.2. The first kappa shape index (κ1) is 13.2. The van der Waals surface area contributed by atoms with Crippen LogP contribution in [0.1, 0.15) is 32.1 Å². The van der Waals surface area contributed by atoms with E-state index in [1.807, 2.05) is 11.9 Å². The molecule has 0 aromatic rings. The lowest BCUT2D eigenvalue weighted by atomic mass is 9.95. The molecule has 102 valence electrons. The lowest BCUT2D eigenvalue weighted by Crippen LogP contribution is -2.47. The van der Waals surface area contributed by atoms with E-state index in [0.717, 1.165) is 25.9 Å². The number of amides is 2. The smallest absolute Gasteiger partial charge is 0.319 e. The molecule has 2 aliphatic rings. The molecule has 1 unspecified atom stereocenters. The Morgan fingerprint density at radius 3 is 2.61 bits per heavy atom. The van der Waals surface area contributed by atoms with Gasteiger partial charge in [-0.1, -0.05) is 0 Å². The molecule has 5 nitrogen and oxygen atoms in total. The van der Waals surface area contributed by atoms with Gasteiger partial charge in [-0.25, -0.2) is 4.79 Å². The van der Waals surface area contributed by atoms with E-state index in [2.05, 4.69) is 0 Å². The van der Waals surface area contributed by atoms with Crippen LogP contribution in [-0.2, 0) is 4.79 Å². The van der Waals surface area contributed by atoms with Crippen molar-refractivity contribution in [1.29, 1.82) is 0 Å². The largest absolute Gasteiger partial charge is 0.481 e. The van der Waals surface area contributed by atoms with E-state index in [-0.39, 0.29) is 18.4 Å². The Hall–Kier alpha value is -1.26. The van der Waals surface area contributed by atoms with Crippen LogP contribution in [0.25, 0.3) is 0 Å². The number of hydrogen-bond donors (Lipinski definition) is 1. The van der Waals surface area contributed by atoms with E-state index in [9.17, 15) is 9.59 Å². The number of carboxylic acid groups (broad SMARTS) is 1. The minimum Gasteiger partial charge on any atom is -0.481 e. The summed E-state index contributed by atoms with van der Waals surface area (Å²) >= 11 is 0. The quantitative estimate of drug-likeness (QED) is 0.829. The van der Waals surface area contributed by atoms with Gasteiger partial charge in [0, 0.05) is 33.1 Å². The zero-order valence-electron chi connectivity index (χ0n) is 11.0. The number of carboxylic acids is 1. The van der Waals surface area contributed by atoms with Gasteiger partial charge in [-0.3, -0.25) is 4.79 Å². The molecule has 1 atom stereocenters. The average molecular weight is 254 g/mol. The zero-order chi connectivity index (χ0) is 13.1. The minimum atomic E-state index is -0.763. The van der Waals surface area contributed by atoms with Crippen LogP contribution in [0.2, 0.25) is 0 Å². The van der Waals surface area contributed by atoms with Gasteiger partial charge in [-0.15, -0.1) is 0 Å². The van der Waals surface area contributed by atoms with Crippen molar-refractivity contribution in [2.75, 3.05) is 26.7 Å². The molecule has 0 radical (unpaired) electrons. The van der Waals surface area contributed by atoms with Crippen molar-refractivity contribution in [3.05, 3.63) is 0 Å². The van der Waals surface area contributed by atoms with Crippen LogP contribution in [0.15, 0.2) is 0 Å². The van der Waals surface area contributed by atoms with Gasteiger partial charge in [-0.2, -0.15) is 0 Å². The molecule has 2 rings (SSSR count). The van der Waals surface area contributed by atoms with Crippen molar-refractivity contribution in [2.45, 2.75) is 32.1 Å². The number of likely N-dealkylation sites (tertiary alicyclic amines) is 1. The maximum Gasteiger partial charge on any atom is 0.319 e. The number of aliphatic carboxylic acids is 1. The summed E-state index contributed by atoms with van der Waals surface area (Å²) in [5.41, 5.74) is 0. The molecule has 1 N–H and O–H groups in total. The van der Waals surface area contributed by atoms with Crippen LogP contribution in [0.3, 0.4) is 0 Å². The van der Waals surface area contributed by atoms with Crippen LogP contribution in [0.5, 0.6) is 0 Å². The Balaban J connectivity index is 1.82. The highest BCUT2D eigenvalue weighted by molar-refractivity contribution is 5.74. The minimum absolute atomic E-state index is 0.0667. The third kappa shape index (κ3) is 3.62. The molecule has 0 spiro atoms. The van der Waals surface area contributed by atoms with E-state index >= 15 is 0 Å². The zero-order valence-corrected chi connectivity index (χ0v) is 11.0. The molecule has 1 aliphatic carbocycles. The molecule has 0 aromatic carbocycles. The number of rotatable bonds is 4. The SMILES string of the molecule is CN(CC1CC1)C(=O)N1CCCC(CC(=O)O)C1. The van der Waals surface area contributed by atoms with Gasteiger partial charge >= 0.3 is 12.0 Å². The summed E-state index contributed by atoms with van der Waals surface area (Å²) in [6.45, 7) is 2.21. The van der Waals surface area contributed by atoms with Crippen LogP contribution in [0.4, 0.5) is 4.79 Å². The molecule has 2 amide bonds.